The van der Waals surface area contributed by atoms with Crippen LogP contribution in [0.4, 0.5) is 20.8 Å². The molecule has 1 amide bonds. The number of hydrogen-bond acceptors (Lipinski definition) is 7. The summed E-state index contributed by atoms with van der Waals surface area (Å²) >= 11 is 0. The third-order valence-electron chi connectivity index (χ3n) is 5.47. The third-order valence-corrected chi connectivity index (χ3v) is 5.47. The molecule has 2 aromatic rings. The number of halogens is 1. The van der Waals surface area contributed by atoms with Crippen molar-refractivity contribution in [3.05, 3.63) is 53.3 Å². The van der Waals surface area contributed by atoms with Crippen molar-refractivity contribution in [2.24, 2.45) is 0 Å². The number of aromatic nitrogens is 1. The van der Waals surface area contributed by atoms with Gasteiger partial charge in [0.15, 0.2) is 11.6 Å². The molecule has 3 N–H and O–H groups in total. The minimum absolute atomic E-state index is 0.00565. The van der Waals surface area contributed by atoms with Gasteiger partial charge in [0, 0.05) is 12.6 Å². The van der Waals surface area contributed by atoms with Crippen molar-refractivity contribution >= 4 is 23.7 Å². The van der Waals surface area contributed by atoms with Crippen molar-refractivity contribution in [3.63, 3.8) is 0 Å². The Kier molecular flexibility index (Phi) is 8.31. The molecule has 0 spiro atoms. The molecule has 1 aromatic carbocycles. The molecule has 0 aliphatic heterocycles. The first-order chi connectivity index (χ1) is 16.2. The zero-order valence-electron chi connectivity index (χ0n) is 20.1. The number of rotatable bonds is 7. The Hall–Kier alpha value is -3.36. The molecule has 184 valence electrons. The van der Waals surface area contributed by atoms with Crippen LogP contribution >= 0.6 is 0 Å². The van der Waals surface area contributed by atoms with Crippen LogP contribution in [0.15, 0.2) is 36.4 Å². The Morgan fingerprint density at radius 3 is 2.41 bits per heavy atom. The second-order valence-corrected chi connectivity index (χ2v) is 9.33. The van der Waals surface area contributed by atoms with Crippen molar-refractivity contribution in [2.45, 2.75) is 70.7 Å². The molecule has 3 rings (SSSR count). The lowest BCUT2D eigenvalue weighted by Crippen LogP contribution is -2.50. The van der Waals surface area contributed by atoms with E-state index < -0.39 is 23.5 Å². The number of alkyl carbamates (subject to hydrolysis) is 1. The van der Waals surface area contributed by atoms with Crippen LogP contribution in [-0.2, 0) is 16.0 Å². The van der Waals surface area contributed by atoms with E-state index in [1.54, 1.807) is 20.8 Å². The van der Waals surface area contributed by atoms with E-state index in [0.29, 0.717) is 6.54 Å². The molecule has 0 saturated heterocycles. The van der Waals surface area contributed by atoms with Gasteiger partial charge in [-0.25, -0.2) is 19.0 Å². The number of benzene rings is 1. The van der Waals surface area contributed by atoms with Gasteiger partial charge in [0.1, 0.15) is 17.0 Å². The SMILES string of the molecule is COC(=O)c1cc(F)c(NC2CCCCC2NC(=O)OC(C)(C)C)nc1NCc1ccccc1. The number of ether oxygens (including phenoxy) is 2. The summed E-state index contributed by atoms with van der Waals surface area (Å²) in [6, 6.07) is 10.2. The Morgan fingerprint density at radius 1 is 1.09 bits per heavy atom. The van der Waals surface area contributed by atoms with Crippen LogP contribution in [0, 0.1) is 5.82 Å². The molecule has 1 fully saturated rings. The Balaban J connectivity index is 1.80. The molecular weight excluding hydrogens is 439 g/mol. The van der Waals surface area contributed by atoms with Crippen LogP contribution in [0.25, 0.3) is 0 Å². The summed E-state index contributed by atoms with van der Waals surface area (Å²) in [7, 11) is 1.24. The lowest BCUT2D eigenvalue weighted by molar-refractivity contribution is 0.0487. The Morgan fingerprint density at radius 2 is 1.76 bits per heavy atom. The monoisotopic (exact) mass is 472 g/mol. The van der Waals surface area contributed by atoms with Gasteiger partial charge in [0.25, 0.3) is 0 Å². The zero-order valence-corrected chi connectivity index (χ0v) is 20.1. The van der Waals surface area contributed by atoms with Crippen molar-refractivity contribution in [2.75, 3.05) is 17.7 Å². The van der Waals surface area contributed by atoms with Crippen molar-refractivity contribution in [1.82, 2.24) is 10.3 Å². The van der Waals surface area contributed by atoms with Crippen LogP contribution in [0.1, 0.15) is 62.4 Å². The molecule has 9 heteroatoms. The maximum atomic E-state index is 15.0. The molecule has 1 aromatic heterocycles. The maximum Gasteiger partial charge on any atom is 0.407 e. The van der Waals surface area contributed by atoms with Gasteiger partial charge in [0.2, 0.25) is 0 Å². The molecular formula is C25H33FN4O4. The first-order valence-corrected chi connectivity index (χ1v) is 11.5. The third kappa shape index (κ3) is 7.07. The van der Waals surface area contributed by atoms with Crippen LogP contribution in [0.3, 0.4) is 0 Å². The van der Waals surface area contributed by atoms with E-state index in [1.165, 1.54) is 7.11 Å². The summed E-state index contributed by atoms with van der Waals surface area (Å²) in [6.45, 7) is 5.80. The lowest BCUT2D eigenvalue weighted by Gasteiger charge is -2.34. The highest BCUT2D eigenvalue weighted by molar-refractivity contribution is 5.95. The molecule has 1 aliphatic rings. The van der Waals surface area contributed by atoms with E-state index in [0.717, 1.165) is 37.3 Å². The van der Waals surface area contributed by atoms with Gasteiger partial charge in [-0.15, -0.1) is 0 Å². The number of methoxy groups -OCH3 is 1. The molecule has 34 heavy (non-hydrogen) atoms. The highest BCUT2D eigenvalue weighted by Crippen LogP contribution is 2.27. The highest BCUT2D eigenvalue weighted by atomic mass is 19.1. The predicted octanol–water partition coefficient (Wildman–Crippen LogP) is 4.87. The van der Waals surface area contributed by atoms with Crippen LogP contribution in [0.2, 0.25) is 0 Å². The van der Waals surface area contributed by atoms with Gasteiger partial charge in [-0.3, -0.25) is 0 Å². The molecule has 1 saturated carbocycles. The fourth-order valence-corrected chi connectivity index (χ4v) is 3.88. The van der Waals surface area contributed by atoms with E-state index >= 15 is 0 Å². The molecule has 1 heterocycles. The predicted molar refractivity (Wildman–Crippen MR) is 128 cm³/mol. The first-order valence-electron chi connectivity index (χ1n) is 11.5. The number of esters is 1. The average molecular weight is 473 g/mol. The number of carbonyl (C=O) groups is 2. The van der Waals surface area contributed by atoms with Gasteiger partial charge in [-0.2, -0.15) is 0 Å². The van der Waals surface area contributed by atoms with E-state index in [4.69, 9.17) is 9.47 Å². The minimum atomic E-state index is -0.685. The number of carbonyl (C=O) groups excluding carboxylic acids is 2. The largest absolute Gasteiger partial charge is 0.465 e. The quantitative estimate of drug-likeness (QED) is 0.494. The summed E-state index contributed by atoms with van der Waals surface area (Å²) in [5, 5.41) is 9.15. The molecule has 2 atom stereocenters. The lowest BCUT2D eigenvalue weighted by atomic mass is 9.90. The average Bonchev–Trinajstić information content (AvgIpc) is 2.79. The highest BCUT2D eigenvalue weighted by Gasteiger charge is 2.30. The van der Waals surface area contributed by atoms with Crippen LogP contribution in [-0.4, -0.2) is 41.8 Å². The summed E-state index contributed by atoms with van der Waals surface area (Å²) in [6.07, 6.45) is 2.83. The normalized spacial score (nSPS) is 18.0. The second kappa shape index (κ2) is 11.2. The van der Waals surface area contributed by atoms with Crippen LogP contribution in [0.5, 0.6) is 0 Å². The number of nitrogens with one attached hydrogen (secondary N) is 3. The van der Waals surface area contributed by atoms with Crippen LogP contribution < -0.4 is 16.0 Å². The molecule has 0 bridgehead atoms. The van der Waals surface area contributed by atoms with E-state index in [2.05, 4.69) is 20.9 Å². The van der Waals surface area contributed by atoms with Crippen molar-refractivity contribution in [1.29, 1.82) is 0 Å². The minimum Gasteiger partial charge on any atom is -0.465 e. The summed E-state index contributed by atoms with van der Waals surface area (Å²) in [5.41, 5.74) is 0.375. The number of anilines is 2. The topological polar surface area (TPSA) is 102 Å². The number of nitrogens with zero attached hydrogens (tertiary/aromatic N) is 1. The van der Waals surface area contributed by atoms with Gasteiger partial charge < -0.3 is 25.4 Å². The van der Waals surface area contributed by atoms with E-state index in [9.17, 15) is 14.0 Å². The zero-order chi connectivity index (χ0) is 24.7. The Labute approximate surface area is 199 Å². The fraction of sp³-hybridized carbons (Fsp3) is 0.480. The molecule has 8 nitrogen and oxygen atoms in total. The summed E-state index contributed by atoms with van der Waals surface area (Å²) < 4.78 is 25.2. The number of pyridine rings is 1. The smallest absolute Gasteiger partial charge is 0.407 e. The molecule has 2 unspecified atom stereocenters. The van der Waals surface area contributed by atoms with E-state index in [1.807, 2.05) is 30.3 Å². The summed E-state index contributed by atoms with van der Waals surface area (Å²) in [4.78, 5) is 28.9. The number of amides is 1. The number of hydrogen-bond donors (Lipinski definition) is 3. The maximum absolute atomic E-state index is 15.0. The van der Waals surface area contributed by atoms with Gasteiger partial charge in [-0.05, 0) is 45.2 Å². The Bertz CT molecular complexity index is 994. The second-order valence-electron chi connectivity index (χ2n) is 9.33. The molecule has 1 aliphatic carbocycles. The van der Waals surface area contributed by atoms with Gasteiger partial charge in [0.05, 0.1) is 13.2 Å². The van der Waals surface area contributed by atoms with Gasteiger partial charge in [-0.1, -0.05) is 43.2 Å². The standard InChI is InChI=1S/C25H33FN4O4/c1-25(2,3)34-24(32)29-20-13-9-8-12-19(20)28-22-18(26)14-17(23(31)33-4)21(30-22)27-15-16-10-6-5-7-11-16/h5-7,10-11,14,19-20H,8-9,12-13,15H2,1-4H3,(H,29,32)(H2,27,28,30). The molecule has 0 radical (unpaired) electrons. The first kappa shape index (κ1) is 25.3. The van der Waals surface area contributed by atoms with E-state index in [-0.39, 0.29) is 29.3 Å². The van der Waals surface area contributed by atoms with Crippen molar-refractivity contribution < 1.29 is 23.5 Å². The summed E-state index contributed by atoms with van der Waals surface area (Å²) in [5.74, 6) is -1.14. The van der Waals surface area contributed by atoms with Crippen molar-refractivity contribution in [3.8, 4) is 0 Å². The van der Waals surface area contributed by atoms with Gasteiger partial charge >= 0.3 is 12.1 Å². The fourth-order valence-electron chi connectivity index (χ4n) is 3.88.